The lowest BCUT2D eigenvalue weighted by molar-refractivity contribution is -0.141. The average molecular weight is 352 g/mol. The maximum absolute atomic E-state index is 12.5. The minimum Gasteiger partial charge on any atom is -0.326 e. The third kappa shape index (κ3) is 4.59. The highest BCUT2D eigenvalue weighted by molar-refractivity contribution is 5.95. The molecule has 6 nitrogen and oxygen atoms in total. The molecular formula is C16H15F3N4O2. The van der Waals surface area contributed by atoms with Gasteiger partial charge < -0.3 is 10.6 Å². The lowest BCUT2D eigenvalue weighted by Gasteiger charge is -2.09. The number of carbonyl (C=O) groups excluding carboxylic acids is 2. The number of amides is 2. The minimum absolute atomic E-state index is 0.0558. The molecule has 0 bridgehead atoms. The summed E-state index contributed by atoms with van der Waals surface area (Å²) in [6.07, 6.45) is -1.69. The topological polar surface area (TPSA) is 76.0 Å². The second-order valence-corrected chi connectivity index (χ2v) is 5.79. The maximum atomic E-state index is 12.5. The number of rotatable bonds is 5. The molecule has 1 aliphatic rings. The molecular weight excluding hydrogens is 337 g/mol. The van der Waals surface area contributed by atoms with Crippen LogP contribution >= 0.6 is 0 Å². The molecule has 1 heterocycles. The van der Waals surface area contributed by atoms with Crippen LogP contribution in [-0.2, 0) is 22.3 Å². The van der Waals surface area contributed by atoms with Gasteiger partial charge in [-0.3, -0.25) is 14.3 Å². The number of benzene rings is 1. The van der Waals surface area contributed by atoms with Crippen LogP contribution in [-0.4, -0.2) is 21.6 Å². The molecule has 1 aromatic carbocycles. The van der Waals surface area contributed by atoms with E-state index in [0.29, 0.717) is 11.4 Å². The van der Waals surface area contributed by atoms with E-state index in [-0.39, 0.29) is 18.4 Å². The molecule has 2 aromatic rings. The minimum atomic E-state index is -4.55. The first-order valence-corrected chi connectivity index (χ1v) is 7.63. The highest BCUT2D eigenvalue weighted by atomic mass is 19.4. The zero-order valence-electron chi connectivity index (χ0n) is 13.0. The fourth-order valence-electron chi connectivity index (χ4n) is 2.21. The van der Waals surface area contributed by atoms with Crippen molar-refractivity contribution in [1.29, 1.82) is 0 Å². The van der Waals surface area contributed by atoms with E-state index in [1.165, 1.54) is 0 Å². The van der Waals surface area contributed by atoms with Crippen LogP contribution in [0.5, 0.6) is 0 Å². The molecule has 1 saturated carbocycles. The predicted molar refractivity (Wildman–Crippen MR) is 83.7 cm³/mol. The van der Waals surface area contributed by atoms with E-state index in [0.717, 1.165) is 29.8 Å². The summed E-state index contributed by atoms with van der Waals surface area (Å²) in [5, 5.41) is 8.64. The van der Waals surface area contributed by atoms with Gasteiger partial charge in [-0.1, -0.05) is 6.07 Å². The van der Waals surface area contributed by atoms with E-state index >= 15 is 0 Å². The van der Waals surface area contributed by atoms with Crippen LogP contribution in [0.25, 0.3) is 0 Å². The first kappa shape index (κ1) is 17.0. The molecule has 2 amide bonds. The standard InChI is InChI=1S/C16H15F3N4O2/c17-16(18,19)13-6-7-23(22-13)9-14(24)20-11-2-1-3-12(8-11)21-15(25)10-4-5-10/h1-3,6-8,10H,4-5,9H2,(H,20,24)(H,21,25). The van der Waals surface area contributed by atoms with Crippen LogP contribution in [0, 0.1) is 5.92 Å². The molecule has 1 fully saturated rings. The van der Waals surface area contributed by atoms with Crippen LogP contribution in [0.15, 0.2) is 36.5 Å². The summed E-state index contributed by atoms with van der Waals surface area (Å²) in [6.45, 7) is -0.352. The summed E-state index contributed by atoms with van der Waals surface area (Å²) in [7, 11) is 0. The Morgan fingerprint density at radius 3 is 2.44 bits per heavy atom. The molecule has 1 aromatic heterocycles. The van der Waals surface area contributed by atoms with E-state index < -0.39 is 17.8 Å². The Morgan fingerprint density at radius 1 is 1.16 bits per heavy atom. The molecule has 25 heavy (non-hydrogen) atoms. The Balaban J connectivity index is 1.59. The fourth-order valence-corrected chi connectivity index (χ4v) is 2.21. The van der Waals surface area contributed by atoms with Crippen molar-refractivity contribution < 1.29 is 22.8 Å². The average Bonchev–Trinajstić information content (AvgIpc) is 3.26. The molecule has 3 rings (SSSR count). The Kier molecular flexibility index (Phi) is 4.47. The van der Waals surface area contributed by atoms with Crippen molar-refractivity contribution in [3.8, 4) is 0 Å². The van der Waals surface area contributed by atoms with Crippen molar-refractivity contribution in [2.24, 2.45) is 5.92 Å². The molecule has 0 radical (unpaired) electrons. The van der Waals surface area contributed by atoms with Gasteiger partial charge in [0.2, 0.25) is 11.8 Å². The van der Waals surface area contributed by atoms with Crippen molar-refractivity contribution in [2.45, 2.75) is 25.6 Å². The van der Waals surface area contributed by atoms with E-state index in [9.17, 15) is 22.8 Å². The Hall–Kier alpha value is -2.84. The lowest BCUT2D eigenvalue weighted by atomic mass is 10.2. The summed E-state index contributed by atoms with van der Waals surface area (Å²) in [6, 6.07) is 7.37. The number of hydrogen-bond acceptors (Lipinski definition) is 3. The number of nitrogens with one attached hydrogen (secondary N) is 2. The van der Waals surface area contributed by atoms with Gasteiger partial charge in [-0.05, 0) is 37.1 Å². The summed E-state index contributed by atoms with van der Waals surface area (Å²) in [4.78, 5) is 23.7. The highest BCUT2D eigenvalue weighted by Gasteiger charge is 2.33. The van der Waals surface area contributed by atoms with Gasteiger partial charge in [0.15, 0.2) is 5.69 Å². The van der Waals surface area contributed by atoms with Crippen molar-refractivity contribution in [1.82, 2.24) is 9.78 Å². The summed E-state index contributed by atoms with van der Waals surface area (Å²) in [5.41, 5.74) is -0.0694. The molecule has 1 aliphatic carbocycles. The highest BCUT2D eigenvalue weighted by Crippen LogP contribution is 2.30. The second-order valence-electron chi connectivity index (χ2n) is 5.79. The number of halogens is 3. The zero-order valence-corrected chi connectivity index (χ0v) is 13.0. The molecule has 132 valence electrons. The van der Waals surface area contributed by atoms with Gasteiger partial charge in [0.1, 0.15) is 6.54 Å². The molecule has 9 heteroatoms. The van der Waals surface area contributed by atoms with Gasteiger partial charge >= 0.3 is 6.18 Å². The van der Waals surface area contributed by atoms with Crippen LogP contribution < -0.4 is 10.6 Å². The van der Waals surface area contributed by atoms with E-state index in [1.807, 2.05) is 0 Å². The molecule has 0 unspecified atom stereocenters. The monoisotopic (exact) mass is 352 g/mol. The van der Waals surface area contributed by atoms with Crippen molar-refractivity contribution >= 4 is 23.2 Å². The van der Waals surface area contributed by atoms with Crippen LogP contribution in [0.4, 0.5) is 24.5 Å². The van der Waals surface area contributed by atoms with E-state index in [2.05, 4.69) is 15.7 Å². The number of anilines is 2. The quantitative estimate of drug-likeness (QED) is 0.869. The van der Waals surface area contributed by atoms with Gasteiger partial charge in [0.25, 0.3) is 0 Å². The van der Waals surface area contributed by atoms with E-state index in [4.69, 9.17) is 0 Å². The number of aromatic nitrogens is 2. The van der Waals surface area contributed by atoms with Crippen LogP contribution in [0.2, 0.25) is 0 Å². The summed E-state index contributed by atoms with van der Waals surface area (Å²) >= 11 is 0. The van der Waals surface area contributed by atoms with E-state index in [1.54, 1.807) is 24.3 Å². The van der Waals surface area contributed by atoms with Crippen LogP contribution in [0.3, 0.4) is 0 Å². The van der Waals surface area contributed by atoms with Crippen LogP contribution in [0.1, 0.15) is 18.5 Å². The molecule has 0 aliphatic heterocycles. The predicted octanol–water partition coefficient (Wildman–Crippen LogP) is 2.89. The van der Waals surface area contributed by atoms with Gasteiger partial charge in [-0.25, -0.2) is 0 Å². The first-order chi connectivity index (χ1) is 11.8. The number of alkyl halides is 3. The Morgan fingerprint density at radius 2 is 1.84 bits per heavy atom. The number of nitrogens with zero attached hydrogens (tertiary/aromatic N) is 2. The normalized spacial score (nSPS) is 14.2. The Labute approximate surface area is 141 Å². The smallest absolute Gasteiger partial charge is 0.326 e. The van der Waals surface area contributed by atoms with Gasteiger partial charge in [0.05, 0.1) is 0 Å². The number of hydrogen-bond donors (Lipinski definition) is 2. The lowest BCUT2D eigenvalue weighted by Crippen LogP contribution is -2.20. The molecule has 0 atom stereocenters. The van der Waals surface area contributed by atoms with Gasteiger partial charge in [0, 0.05) is 23.5 Å². The molecule has 0 saturated heterocycles. The largest absolute Gasteiger partial charge is 0.435 e. The van der Waals surface area contributed by atoms with Gasteiger partial charge in [-0.15, -0.1) is 0 Å². The second kappa shape index (κ2) is 6.58. The number of carbonyl (C=O) groups is 2. The van der Waals surface area contributed by atoms with Crippen molar-refractivity contribution in [3.63, 3.8) is 0 Å². The molecule has 2 N–H and O–H groups in total. The zero-order chi connectivity index (χ0) is 18.0. The van der Waals surface area contributed by atoms with Gasteiger partial charge in [-0.2, -0.15) is 18.3 Å². The SMILES string of the molecule is O=C(Cn1ccc(C(F)(F)F)n1)Nc1cccc(NC(=O)C2CC2)c1. The van der Waals surface area contributed by atoms with Crippen molar-refractivity contribution in [3.05, 3.63) is 42.2 Å². The fraction of sp³-hybridized carbons (Fsp3) is 0.312. The Bertz CT molecular complexity index is 797. The maximum Gasteiger partial charge on any atom is 0.435 e. The third-order valence-electron chi connectivity index (χ3n) is 3.60. The third-order valence-corrected chi connectivity index (χ3v) is 3.60. The van der Waals surface area contributed by atoms with Crippen molar-refractivity contribution in [2.75, 3.05) is 10.6 Å². The first-order valence-electron chi connectivity index (χ1n) is 7.63. The summed E-state index contributed by atoms with van der Waals surface area (Å²) < 4.78 is 38.4. The molecule has 0 spiro atoms. The summed E-state index contributed by atoms with van der Waals surface area (Å²) in [5.74, 6) is -0.525.